The molecule has 0 aromatic heterocycles. The Hall–Kier alpha value is -1.38. The van der Waals surface area contributed by atoms with E-state index in [0.717, 1.165) is 24.1 Å². The van der Waals surface area contributed by atoms with Crippen LogP contribution in [0.15, 0.2) is 42.5 Å². The quantitative estimate of drug-likeness (QED) is 0.828. The maximum atomic E-state index is 14.3. The van der Waals surface area contributed by atoms with Gasteiger partial charge in [0.1, 0.15) is 5.82 Å². The molecule has 0 bridgehead atoms. The molecule has 0 aliphatic heterocycles. The van der Waals surface area contributed by atoms with Crippen molar-refractivity contribution in [2.75, 3.05) is 6.54 Å². The number of aryl methyl sites for hydroxylation is 1. The lowest BCUT2D eigenvalue weighted by atomic mass is 9.94. The molecule has 3 heteroatoms. The minimum Gasteiger partial charge on any atom is -0.306 e. The van der Waals surface area contributed by atoms with Gasteiger partial charge in [-0.1, -0.05) is 54.9 Å². The number of rotatable bonds is 5. The summed E-state index contributed by atoms with van der Waals surface area (Å²) in [5.74, 6) is -0.342. The molecular formula is C17H19ClFN. The number of hydrogen-bond donors (Lipinski definition) is 1. The van der Waals surface area contributed by atoms with Gasteiger partial charge in [-0.3, -0.25) is 0 Å². The van der Waals surface area contributed by atoms with E-state index < -0.39 is 0 Å². The van der Waals surface area contributed by atoms with E-state index in [-0.39, 0.29) is 16.9 Å². The molecule has 0 aliphatic rings. The van der Waals surface area contributed by atoms with Crippen LogP contribution in [-0.4, -0.2) is 6.54 Å². The normalized spacial score (nSPS) is 12.4. The third kappa shape index (κ3) is 3.20. The van der Waals surface area contributed by atoms with E-state index in [4.69, 9.17) is 11.6 Å². The zero-order valence-electron chi connectivity index (χ0n) is 11.8. The Morgan fingerprint density at radius 3 is 2.50 bits per heavy atom. The third-order valence-electron chi connectivity index (χ3n) is 3.39. The maximum absolute atomic E-state index is 14.3. The van der Waals surface area contributed by atoms with Crippen molar-refractivity contribution in [3.05, 3.63) is 70.0 Å². The van der Waals surface area contributed by atoms with Gasteiger partial charge in [-0.25, -0.2) is 4.39 Å². The molecule has 2 aromatic rings. The summed E-state index contributed by atoms with van der Waals surface area (Å²) in [7, 11) is 0. The Balaban J connectivity index is 2.47. The van der Waals surface area contributed by atoms with Crippen LogP contribution in [0.5, 0.6) is 0 Å². The van der Waals surface area contributed by atoms with Crippen LogP contribution in [0.4, 0.5) is 4.39 Å². The molecule has 1 N–H and O–H groups in total. The van der Waals surface area contributed by atoms with Gasteiger partial charge >= 0.3 is 0 Å². The van der Waals surface area contributed by atoms with E-state index in [9.17, 15) is 4.39 Å². The molecule has 2 rings (SSSR count). The summed E-state index contributed by atoms with van der Waals surface area (Å²) in [6.07, 6.45) is 0.991. The summed E-state index contributed by atoms with van der Waals surface area (Å²) in [5, 5.41) is 3.58. The fourth-order valence-electron chi connectivity index (χ4n) is 2.33. The van der Waals surface area contributed by atoms with Gasteiger partial charge in [-0.2, -0.15) is 0 Å². The number of halogens is 2. The lowest BCUT2D eigenvalue weighted by Crippen LogP contribution is -2.24. The van der Waals surface area contributed by atoms with Gasteiger partial charge < -0.3 is 5.32 Å². The predicted molar refractivity (Wildman–Crippen MR) is 82.7 cm³/mol. The number of hydrogen-bond acceptors (Lipinski definition) is 1. The number of nitrogens with one attached hydrogen (secondary N) is 1. The minimum absolute atomic E-state index is 0.166. The first-order chi connectivity index (χ1) is 9.65. The van der Waals surface area contributed by atoms with Gasteiger partial charge in [0, 0.05) is 5.56 Å². The summed E-state index contributed by atoms with van der Waals surface area (Å²) in [5.41, 5.74) is 2.82. The summed E-state index contributed by atoms with van der Waals surface area (Å²) in [6.45, 7) is 4.96. The van der Waals surface area contributed by atoms with Crippen LogP contribution < -0.4 is 5.32 Å². The standard InChI is InChI=1S/C17H19ClFN/c1-3-11-20-17(13-8-5-4-7-12(13)2)14-9-6-10-15(18)16(14)19/h4-10,17,20H,3,11H2,1-2H3. The fraction of sp³-hybridized carbons (Fsp3) is 0.294. The van der Waals surface area contributed by atoms with Crippen LogP contribution in [0.2, 0.25) is 5.02 Å². The Bertz CT molecular complexity index is 583. The second-order valence-electron chi connectivity index (χ2n) is 4.89. The van der Waals surface area contributed by atoms with Crippen molar-refractivity contribution in [1.29, 1.82) is 0 Å². The zero-order chi connectivity index (χ0) is 14.5. The maximum Gasteiger partial charge on any atom is 0.146 e. The van der Waals surface area contributed by atoms with Crippen molar-refractivity contribution in [3.63, 3.8) is 0 Å². The van der Waals surface area contributed by atoms with Crippen molar-refractivity contribution in [2.45, 2.75) is 26.3 Å². The Morgan fingerprint density at radius 1 is 1.10 bits per heavy atom. The van der Waals surface area contributed by atoms with E-state index in [1.807, 2.05) is 31.2 Å². The highest BCUT2D eigenvalue weighted by Crippen LogP contribution is 2.29. The lowest BCUT2D eigenvalue weighted by Gasteiger charge is -2.22. The highest BCUT2D eigenvalue weighted by atomic mass is 35.5. The lowest BCUT2D eigenvalue weighted by molar-refractivity contribution is 0.545. The third-order valence-corrected chi connectivity index (χ3v) is 3.68. The molecule has 0 heterocycles. The largest absolute Gasteiger partial charge is 0.306 e. The van der Waals surface area contributed by atoms with Crippen LogP contribution >= 0.6 is 11.6 Å². The molecule has 0 fully saturated rings. The molecule has 0 saturated carbocycles. The van der Waals surface area contributed by atoms with Crippen LogP contribution in [0.1, 0.15) is 36.1 Å². The first-order valence-electron chi connectivity index (χ1n) is 6.88. The fourth-order valence-corrected chi connectivity index (χ4v) is 2.51. The van der Waals surface area contributed by atoms with Crippen molar-refractivity contribution in [1.82, 2.24) is 5.32 Å². The predicted octanol–water partition coefficient (Wildman–Crippen LogP) is 4.88. The molecule has 0 amide bonds. The zero-order valence-corrected chi connectivity index (χ0v) is 12.5. The molecule has 0 saturated heterocycles. The highest BCUT2D eigenvalue weighted by molar-refractivity contribution is 6.30. The molecule has 1 unspecified atom stereocenters. The SMILES string of the molecule is CCCNC(c1ccccc1C)c1cccc(Cl)c1F. The van der Waals surface area contributed by atoms with E-state index in [0.29, 0.717) is 5.56 Å². The van der Waals surface area contributed by atoms with Crippen molar-refractivity contribution in [2.24, 2.45) is 0 Å². The average Bonchev–Trinajstić information content (AvgIpc) is 2.45. The van der Waals surface area contributed by atoms with Crippen LogP contribution in [-0.2, 0) is 0 Å². The molecule has 1 atom stereocenters. The van der Waals surface area contributed by atoms with Crippen molar-refractivity contribution >= 4 is 11.6 Å². The highest BCUT2D eigenvalue weighted by Gasteiger charge is 2.19. The average molecular weight is 292 g/mol. The van der Waals surface area contributed by atoms with E-state index in [1.54, 1.807) is 18.2 Å². The second-order valence-corrected chi connectivity index (χ2v) is 5.29. The van der Waals surface area contributed by atoms with Crippen LogP contribution in [0.3, 0.4) is 0 Å². The van der Waals surface area contributed by atoms with E-state index in [2.05, 4.69) is 12.2 Å². The van der Waals surface area contributed by atoms with Gasteiger partial charge in [0.15, 0.2) is 0 Å². The molecule has 106 valence electrons. The first kappa shape index (κ1) is 15.0. The smallest absolute Gasteiger partial charge is 0.146 e. The summed E-state index contributed by atoms with van der Waals surface area (Å²) in [4.78, 5) is 0. The van der Waals surface area contributed by atoms with Gasteiger partial charge in [0.25, 0.3) is 0 Å². The van der Waals surface area contributed by atoms with E-state index in [1.165, 1.54) is 0 Å². The van der Waals surface area contributed by atoms with Gasteiger partial charge in [-0.15, -0.1) is 0 Å². The Kier molecular flexibility index (Phi) is 5.16. The Labute approximate surface area is 124 Å². The second kappa shape index (κ2) is 6.87. The minimum atomic E-state index is -0.342. The molecule has 2 aromatic carbocycles. The molecule has 0 aliphatic carbocycles. The summed E-state index contributed by atoms with van der Waals surface area (Å²) < 4.78 is 14.3. The van der Waals surface area contributed by atoms with Crippen LogP contribution in [0, 0.1) is 12.7 Å². The first-order valence-corrected chi connectivity index (χ1v) is 7.25. The summed E-state index contributed by atoms with van der Waals surface area (Å²) >= 11 is 5.92. The topological polar surface area (TPSA) is 12.0 Å². The molecule has 0 spiro atoms. The van der Waals surface area contributed by atoms with Gasteiger partial charge in [0.2, 0.25) is 0 Å². The van der Waals surface area contributed by atoms with Crippen molar-refractivity contribution < 1.29 is 4.39 Å². The van der Waals surface area contributed by atoms with Gasteiger partial charge in [-0.05, 0) is 37.1 Å². The molecule has 1 nitrogen and oxygen atoms in total. The summed E-state index contributed by atoms with van der Waals surface area (Å²) in [6, 6.07) is 13.0. The van der Waals surface area contributed by atoms with Gasteiger partial charge in [0.05, 0.1) is 11.1 Å². The molecule has 0 radical (unpaired) electrons. The number of benzene rings is 2. The molecule has 20 heavy (non-hydrogen) atoms. The van der Waals surface area contributed by atoms with Crippen molar-refractivity contribution in [3.8, 4) is 0 Å². The molecular weight excluding hydrogens is 273 g/mol. The Morgan fingerprint density at radius 2 is 1.80 bits per heavy atom. The van der Waals surface area contributed by atoms with Crippen LogP contribution in [0.25, 0.3) is 0 Å². The monoisotopic (exact) mass is 291 g/mol. The van der Waals surface area contributed by atoms with E-state index >= 15 is 0 Å².